The Morgan fingerprint density at radius 1 is 1.07 bits per heavy atom. The highest BCUT2D eigenvalue weighted by Crippen LogP contribution is 2.25. The Bertz CT molecular complexity index is 623. The van der Waals surface area contributed by atoms with Gasteiger partial charge in [0, 0.05) is 45.0 Å². The lowest BCUT2D eigenvalue weighted by atomic mass is 10.0. The van der Waals surface area contributed by atoms with E-state index in [0.717, 1.165) is 18.8 Å². The molecule has 1 fully saturated rings. The van der Waals surface area contributed by atoms with Crippen LogP contribution in [0.3, 0.4) is 0 Å². The highest BCUT2D eigenvalue weighted by molar-refractivity contribution is 5.94. The molecular weight excluding hydrogens is 360 g/mol. The molecule has 1 amide bonds. The molecule has 1 aromatic rings. The minimum absolute atomic E-state index is 0.189. The van der Waals surface area contributed by atoms with Crippen LogP contribution in [0.25, 0.3) is 0 Å². The van der Waals surface area contributed by atoms with Gasteiger partial charge < -0.3 is 30.1 Å². The van der Waals surface area contributed by atoms with Gasteiger partial charge >= 0.3 is 0 Å². The number of nitrogens with zero attached hydrogens (tertiary/aromatic N) is 3. The van der Waals surface area contributed by atoms with Crippen molar-refractivity contribution in [3.05, 3.63) is 29.8 Å². The van der Waals surface area contributed by atoms with Crippen molar-refractivity contribution in [1.29, 1.82) is 0 Å². The predicted molar refractivity (Wildman–Crippen MR) is 110 cm³/mol. The largest absolute Gasteiger partial charge is 0.394 e. The molecule has 8 nitrogen and oxygen atoms in total. The van der Waals surface area contributed by atoms with E-state index in [1.807, 2.05) is 57.2 Å². The van der Waals surface area contributed by atoms with Crippen LogP contribution in [-0.2, 0) is 4.74 Å². The van der Waals surface area contributed by atoms with Gasteiger partial charge in [-0.05, 0) is 45.4 Å². The lowest BCUT2D eigenvalue weighted by Gasteiger charge is -2.31. The van der Waals surface area contributed by atoms with Gasteiger partial charge in [0.25, 0.3) is 5.91 Å². The summed E-state index contributed by atoms with van der Waals surface area (Å²) in [5.41, 5.74) is 1.59. The maximum absolute atomic E-state index is 12.5. The fraction of sp³-hybridized carbons (Fsp3) is 0.650. The summed E-state index contributed by atoms with van der Waals surface area (Å²) in [5.74, 6) is -0.189. The smallest absolute Gasteiger partial charge is 0.251 e. The third-order valence-electron chi connectivity index (χ3n) is 5.16. The van der Waals surface area contributed by atoms with Gasteiger partial charge in [-0.3, -0.25) is 9.69 Å². The van der Waals surface area contributed by atoms with Gasteiger partial charge in [0.2, 0.25) is 0 Å². The van der Waals surface area contributed by atoms with Crippen LogP contribution in [0.1, 0.15) is 10.4 Å². The summed E-state index contributed by atoms with van der Waals surface area (Å²) in [6.07, 6.45) is -1.85. The number of benzene rings is 1. The summed E-state index contributed by atoms with van der Waals surface area (Å²) in [6, 6.07) is 7.06. The molecule has 8 heteroatoms. The first-order chi connectivity index (χ1) is 13.2. The Labute approximate surface area is 167 Å². The Morgan fingerprint density at radius 2 is 1.71 bits per heavy atom. The number of aliphatic hydroxyl groups is 2. The summed E-state index contributed by atoms with van der Waals surface area (Å²) in [4.78, 5) is 18.6. The highest BCUT2D eigenvalue weighted by atomic mass is 16.5. The molecule has 0 aromatic heterocycles. The van der Waals surface area contributed by atoms with E-state index in [2.05, 4.69) is 10.2 Å². The van der Waals surface area contributed by atoms with E-state index in [4.69, 9.17) is 4.74 Å². The number of likely N-dealkylation sites (N-methyl/N-ethyl adjacent to an activating group) is 2. The van der Waals surface area contributed by atoms with Gasteiger partial charge in [-0.25, -0.2) is 0 Å². The van der Waals surface area contributed by atoms with Crippen molar-refractivity contribution < 1.29 is 19.7 Å². The zero-order chi connectivity index (χ0) is 20.8. The Kier molecular flexibility index (Phi) is 8.21. The molecule has 0 spiro atoms. The van der Waals surface area contributed by atoms with Crippen molar-refractivity contribution in [3.63, 3.8) is 0 Å². The van der Waals surface area contributed by atoms with Crippen LogP contribution in [0.4, 0.5) is 5.69 Å². The number of anilines is 1. The normalized spacial score (nSPS) is 24.8. The van der Waals surface area contributed by atoms with Gasteiger partial charge in [0.1, 0.15) is 12.2 Å². The molecule has 1 heterocycles. The second-order valence-electron chi connectivity index (χ2n) is 7.81. The van der Waals surface area contributed by atoms with Crippen LogP contribution in [0, 0.1) is 0 Å². The molecule has 1 aromatic carbocycles. The fourth-order valence-electron chi connectivity index (χ4n) is 3.40. The summed E-state index contributed by atoms with van der Waals surface area (Å²) in [7, 11) is 9.80. The van der Waals surface area contributed by atoms with Gasteiger partial charge in [-0.1, -0.05) is 0 Å². The molecule has 0 bridgehead atoms. The molecule has 1 saturated heterocycles. The van der Waals surface area contributed by atoms with Crippen molar-refractivity contribution in [2.24, 2.45) is 0 Å². The molecule has 1 aliphatic heterocycles. The number of nitrogens with one attached hydrogen (secondary N) is 1. The Balaban J connectivity index is 1.99. The topological polar surface area (TPSA) is 88.5 Å². The first-order valence-corrected chi connectivity index (χ1v) is 9.59. The molecule has 2 rings (SSSR count). The Morgan fingerprint density at radius 3 is 2.25 bits per heavy atom. The highest BCUT2D eigenvalue weighted by Gasteiger charge is 2.45. The van der Waals surface area contributed by atoms with Crippen molar-refractivity contribution in [2.75, 3.05) is 66.4 Å². The summed E-state index contributed by atoms with van der Waals surface area (Å²) < 4.78 is 5.82. The summed E-state index contributed by atoms with van der Waals surface area (Å²) in [5, 5.41) is 23.0. The van der Waals surface area contributed by atoms with Gasteiger partial charge in [0.05, 0.1) is 18.8 Å². The van der Waals surface area contributed by atoms with Crippen LogP contribution in [0.15, 0.2) is 24.3 Å². The molecule has 1 aliphatic rings. The lowest BCUT2D eigenvalue weighted by molar-refractivity contribution is -0.0209. The van der Waals surface area contributed by atoms with E-state index in [1.54, 1.807) is 12.1 Å². The number of amides is 1. The van der Waals surface area contributed by atoms with Crippen LogP contribution >= 0.6 is 0 Å². The molecule has 3 N–H and O–H groups in total. The number of aliphatic hydroxyl groups excluding tert-OH is 2. The molecule has 158 valence electrons. The third kappa shape index (κ3) is 5.65. The summed E-state index contributed by atoms with van der Waals surface area (Å²) in [6.45, 7) is 1.59. The number of hydrogen-bond acceptors (Lipinski definition) is 7. The first kappa shape index (κ1) is 22.6. The van der Waals surface area contributed by atoms with Gasteiger partial charge in [-0.2, -0.15) is 0 Å². The van der Waals surface area contributed by atoms with Crippen LogP contribution in [0.2, 0.25) is 0 Å². The second-order valence-corrected chi connectivity index (χ2v) is 7.81. The van der Waals surface area contributed by atoms with E-state index in [9.17, 15) is 15.0 Å². The standard InChI is InChI=1S/C20H34N4O4/c1-22(2)10-11-24(5)18-16(28-17(13-25)19(18)26)12-21-20(27)14-6-8-15(9-7-14)23(3)4/h6-9,16-19,25-26H,10-13H2,1-5H3,(H,21,27)/t16-,17+,18+,19-/m1/s1. The molecule has 0 radical (unpaired) electrons. The quantitative estimate of drug-likeness (QED) is 0.519. The zero-order valence-electron chi connectivity index (χ0n) is 17.5. The van der Waals surface area contributed by atoms with Gasteiger partial charge in [0.15, 0.2) is 0 Å². The molecular formula is C20H34N4O4. The van der Waals surface area contributed by atoms with Crippen LogP contribution in [-0.4, -0.2) is 112 Å². The molecule has 0 unspecified atom stereocenters. The monoisotopic (exact) mass is 394 g/mol. The minimum Gasteiger partial charge on any atom is -0.394 e. The first-order valence-electron chi connectivity index (χ1n) is 9.59. The van der Waals surface area contributed by atoms with E-state index in [0.29, 0.717) is 5.56 Å². The third-order valence-corrected chi connectivity index (χ3v) is 5.16. The van der Waals surface area contributed by atoms with E-state index in [-0.39, 0.29) is 25.1 Å². The van der Waals surface area contributed by atoms with Crippen LogP contribution in [0.5, 0.6) is 0 Å². The molecule has 28 heavy (non-hydrogen) atoms. The number of carbonyl (C=O) groups excluding carboxylic acids is 1. The maximum atomic E-state index is 12.5. The molecule has 4 atom stereocenters. The average molecular weight is 395 g/mol. The lowest BCUT2D eigenvalue weighted by Crippen LogP contribution is -2.51. The predicted octanol–water partition coefficient (Wildman–Crippen LogP) is -0.535. The van der Waals surface area contributed by atoms with Gasteiger partial charge in [-0.15, -0.1) is 0 Å². The zero-order valence-corrected chi connectivity index (χ0v) is 17.5. The van der Waals surface area contributed by atoms with Crippen LogP contribution < -0.4 is 10.2 Å². The number of rotatable bonds is 9. The Hall–Kier alpha value is -1.71. The van der Waals surface area contributed by atoms with Crippen molar-refractivity contribution in [3.8, 4) is 0 Å². The minimum atomic E-state index is -0.807. The van der Waals surface area contributed by atoms with Crippen molar-refractivity contribution >= 4 is 11.6 Å². The average Bonchev–Trinajstić information content (AvgIpc) is 2.99. The van der Waals surface area contributed by atoms with E-state index < -0.39 is 18.3 Å². The number of hydrogen-bond donors (Lipinski definition) is 3. The number of ether oxygens (including phenoxy) is 1. The van der Waals surface area contributed by atoms with E-state index in [1.165, 1.54) is 0 Å². The van der Waals surface area contributed by atoms with Crippen molar-refractivity contribution in [1.82, 2.24) is 15.1 Å². The number of carbonyl (C=O) groups is 1. The molecule has 0 saturated carbocycles. The molecule has 0 aliphatic carbocycles. The fourth-order valence-corrected chi connectivity index (χ4v) is 3.40. The van der Waals surface area contributed by atoms with E-state index >= 15 is 0 Å². The SMILES string of the molecule is CN(C)CCN(C)[C@@H]1[C@H](O)[C@H](CO)O[C@@H]1CNC(=O)c1ccc(N(C)C)cc1. The second kappa shape index (κ2) is 10.2. The summed E-state index contributed by atoms with van der Waals surface area (Å²) >= 11 is 0. The van der Waals surface area contributed by atoms with Crippen molar-refractivity contribution in [2.45, 2.75) is 24.4 Å². The maximum Gasteiger partial charge on any atom is 0.251 e.